The summed E-state index contributed by atoms with van der Waals surface area (Å²) < 4.78 is 4.97. The third-order valence-electron chi connectivity index (χ3n) is 2.10. The van der Waals surface area contributed by atoms with Gasteiger partial charge in [0.15, 0.2) is 0 Å². The Morgan fingerprint density at radius 1 is 1.53 bits per heavy atom. The molecule has 0 saturated carbocycles. The summed E-state index contributed by atoms with van der Waals surface area (Å²) in [4.78, 5) is 8.17. The van der Waals surface area contributed by atoms with E-state index in [-0.39, 0.29) is 18.7 Å². The van der Waals surface area contributed by atoms with E-state index < -0.39 is 0 Å². The molecule has 0 aliphatic rings. The van der Waals surface area contributed by atoms with Gasteiger partial charge < -0.3 is 15.2 Å². The lowest BCUT2D eigenvalue weighted by Gasteiger charge is -2.20. The molecule has 0 bridgehead atoms. The quantitative estimate of drug-likeness (QED) is 0.700. The summed E-state index contributed by atoms with van der Waals surface area (Å²) in [6.07, 6.45) is 4.99. The van der Waals surface area contributed by atoms with Gasteiger partial charge in [-0.3, -0.25) is 9.97 Å². The van der Waals surface area contributed by atoms with Crippen LogP contribution in [-0.4, -0.2) is 41.4 Å². The van der Waals surface area contributed by atoms with Gasteiger partial charge in [0.05, 0.1) is 24.9 Å². The van der Waals surface area contributed by atoms with Crippen LogP contribution in [-0.2, 0) is 4.74 Å². The summed E-state index contributed by atoms with van der Waals surface area (Å²) in [5, 5.41) is 12.3. The zero-order valence-electron chi connectivity index (χ0n) is 9.05. The largest absolute Gasteiger partial charge is 0.395 e. The second-order valence-electron chi connectivity index (χ2n) is 3.35. The van der Waals surface area contributed by atoms with Crippen molar-refractivity contribution in [2.75, 3.05) is 20.3 Å². The molecular formula is C10H17N3O2. The first-order chi connectivity index (χ1) is 7.27. The van der Waals surface area contributed by atoms with E-state index in [0.717, 1.165) is 5.69 Å². The molecule has 1 rings (SSSR count). The highest BCUT2D eigenvalue weighted by Crippen LogP contribution is 2.07. The summed E-state index contributed by atoms with van der Waals surface area (Å²) in [5.74, 6) is 0. The lowest BCUT2D eigenvalue weighted by atomic mass is 10.2. The van der Waals surface area contributed by atoms with Gasteiger partial charge in [0.1, 0.15) is 0 Å². The Labute approximate surface area is 89.5 Å². The predicted octanol–water partition coefficient (Wildman–Crippen LogP) is 0.134. The molecule has 0 fully saturated rings. The Morgan fingerprint density at radius 2 is 2.33 bits per heavy atom. The van der Waals surface area contributed by atoms with Crippen molar-refractivity contribution in [2.24, 2.45) is 0 Å². The van der Waals surface area contributed by atoms with Crippen molar-refractivity contribution in [3.05, 3.63) is 24.3 Å². The van der Waals surface area contributed by atoms with Crippen molar-refractivity contribution in [1.82, 2.24) is 15.3 Å². The van der Waals surface area contributed by atoms with Gasteiger partial charge in [0.25, 0.3) is 0 Å². The smallest absolute Gasteiger partial charge is 0.0753 e. The minimum Gasteiger partial charge on any atom is -0.395 e. The van der Waals surface area contributed by atoms with E-state index in [1.165, 1.54) is 0 Å². The summed E-state index contributed by atoms with van der Waals surface area (Å²) >= 11 is 0. The molecule has 0 amide bonds. The lowest BCUT2D eigenvalue weighted by molar-refractivity contribution is 0.123. The minimum atomic E-state index is -0.0768. The van der Waals surface area contributed by atoms with Crippen molar-refractivity contribution in [3.8, 4) is 0 Å². The molecule has 0 aromatic carbocycles. The molecule has 2 atom stereocenters. The SMILES string of the molecule is COCC(CO)NC(C)c1cnccn1. The van der Waals surface area contributed by atoms with Crippen LogP contribution in [0.15, 0.2) is 18.6 Å². The van der Waals surface area contributed by atoms with Crippen LogP contribution in [0.2, 0.25) is 0 Å². The second-order valence-corrected chi connectivity index (χ2v) is 3.35. The van der Waals surface area contributed by atoms with Crippen LogP contribution < -0.4 is 5.32 Å². The highest BCUT2D eigenvalue weighted by Gasteiger charge is 2.13. The molecule has 5 heteroatoms. The van der Waals surface area contributed by atoms with Crippen LogP contribution in [0.25, 0.3) is 0 Å². The average molecular weight is 211 g/mol. The summed E-state index contributed by atoms with van der Waals surface area (Å²) in [7, 11) is 1.61. The van der Waals surface area contributed by atoms with Gasteiger partial charge >= 0.3 is 0 Å². The number of nitrogens with zero attached hydrogens (tertiary/aromatic N) is 2. The van der Waals surface area contributed by atoms with Crippen LogP contribution in [0.5, 0.6) is 0 Å². The van der Waals surface area contributed by atoms with Crippen molar-refractivity contribution in [3.63, 3.8) is 0 Å². The highest BCUT2D eigenvalue weighted by atomic mass is 16.5. The van der Waals surface area contributed by atoms with Gasteiger partial charge in [0.2, 0.25) is 0 Å². The van der Waals surface area contributed by atoms with E-state index in [9.17, 15) is 0 Å². The number of ether oxygens (including phenoxy) is 1. The Kier molecular flexibility index (Phi) is 5.17. The van der Waals surface area contributed by atoms with Gasteiger partial charge in [-0.2, -0.15) is 0 Å². The molecule has 0 saturated heterocycles. The zero-order valence-corrected chi connectivity index (χ0v) is 9.05. The topological polar surface area (TPSA) is 67.3 Å². The fraction of sp³-hybridized carbons (Fsp3) is 0.600. The van der Waals surface area contributed by atoms with E-state index in [1.54, 1.807) is 25.7 Å². The first-order valence-electron chi connectivity index (χ1n) is 4.89. The highest BCUT2D eigenvalue weighted by molar-refractivity contribution is 5.01. The van der Waals surface area contributed by atoms with Crippen molar-refractivity contribution >= 4 is 0 Å². The number of rotatable bonds is 6. The Bertz CT molecular complexity index is 269. The van der Waals surface area contributed by atoms with Crippen molar-refractivity contribution < 1.29 is 9.84 Å². The number of methoxy groups -OCH3 is 1. The van der Waals surface area contributed by atoms with Gasteiger partial charge in [-0.05, 0) is 6.92 Å². The molecule has 5 nitrogen and oxygen atoms in total. The molecule has 2 unspecified atom stereocenters. The summed E-state index contributed by atoms with van der Waals surface area (Å²) in [5.41, 5.74) is 0.854. The fourth-order valence-electron chi connectivity index (χ4n) is 1.33. The van der Waals surface area contributed by atoms with Crippen LogP contribution >= 0.6 is 0 Å². The first kappa shape index (κ1) is 12.0. The first-order valence-corrected chi connectivity index (χ1v) is 4.89. The minimum absolute atomic E-state index is 0.0401. The van der Waals surface area contributed by atoms with E-state index in [2.05, 4.69) is 15.3 Å². The van der Waals surface area contributed by atoms with Gasteiger partial charge in [-0.1, -0.05) is 0 Å². The molecule has 2 N–H and O–H groups in total. The number of hydrogen-bond acceptors (Lipinski definition) is 5. The number of aromatic nitrogens is 2. The van der Waals surface area contributed by atoms with Gasteiger partial charge in [-0.25, -0.2) is 0 Å². The maximum Gasteiger partial charge on any atom is 0.0753 e. The Hall–Kier alpha value is -1.04. The third kappa shape index (κ3) is 3.91. The zero-order chi connectivity index (χ0) is 11.1. The van der Waals surface area contributed by atoms with E-state index in [0.29, 0.717) is 6.61 Å². The average Bonchev–Trinajstić information content (AvgIpc) is 2.29. The molecule has 84 valence electrons. The van der Waals surface area contributed by atoms with E-state index in [1.807, 2.05) is 6.92 Å². The normalized spacial score (nSPS) is 14.9. The summed E-state index contributed by atoms with van der Waals surface area (Å²) in [6, 6.07) is -0.0296. The maximum atomic E-state index is 9.07. The van der Waals surface area contributed by atoms with E-state index in [4.69, 9.17) is 9.84 Å². The Morgan fingerprint density at radius 3 is 2.87 bits per heavy atom. The molecular weight excluding hydrogens is 194 g/mol. The number of aliphatic hydroxyl groups is 1. The molecule has 15 heavy (non-hydrogen) atoms. The van der Waals surface area contributed by atoms with Crippen LogP contribution in [0.3, 0.4) is 0 Å². The molecule has 1 aromatic rings. The molecule has 1 heterocycles. The lowest BCUT2D eigenvalue weighted by Crippen LogP contribution is -2.38. The van der Waals surface area contributed by atoms with Crippen molar-refractivity contribution in [1.29, 1.82) is 0 Å². The standard InChI is InChI=1S/C10H17N3O2/c1-8(10-5-11-3-4-12-10)13-9(6-14)7-15-2/h3-5,8-9,13-14H,6-7H2,1-2H3. The van der Waals surface area contributed by atoms with Gasteiger partial charge in [-0.15, -0.1) is 0 Å². The third-order valence-corrected chi connectivity index (χ3v) is 2.10. The van der Waals surface area contributed by atoms with Crippen LogP contribution in [0.1, 0.15) is 18.7 Å². The summed E-state index contributed by atoms with van der Waals surface area (Å²) in [6.45, 7) is 2.49. The number of aliphatic hydroxyl groups excluding tert-OH is 1. The number of hydrogen-bond donors (Lipinski definition) is 2. The fourth-order valence-corrected chi connectivity index (χ4v) is 1.33. The number of nitrogens with one attached hydrogen (secondary N) is 1. The molecule has 1 aromatic heterocycles. The molecule has 0 spiro atoms. The Balaban J connectivity index is 2.50. The van der Waals surface area contributed by atoms with Crippen molar-refractivity contribution in [2.45, 2.75) is 19.0 Å². The monoisotopic (exact) mass is 211 g/mol. The van der Waals surface area contributed by atoms with E-state index >= 15 is 0 Å². The maximum absolute atomic E-state index is 9.07. The van der Waals surface area contributed by atoms with Crippen LogP contribution in [0, 0.1) is 0 Å². The van der Waals surface area contributed by atoms with Gasteiger partial charge in [0, 0.05) is 31.7 Å². The molecule has 0 aliphatic carbocycles. The molecule has 0 radical (unpaired) electrons. The predicted molar refractivity (Wildman–Crippen MR) is 56.3 cm³/mol. The molecule has 0 aliphatic heterocycles. The van der Waals surface area contributed by atoms with Crippen LogP contribution in [0.4, 0.5) is 0 Å². The second kappa shape index (κ2) is 6.44.